The Morgan fingerprint density at radius 1 is 1.54 bits per heavy atom. The predicted octanol–water partition coefficient (Wildman–Crippen LogP) is -0.0916. The van der Waals surface area contributed by atoms with Gasteiger partial charge in [-0.2, -0.15) is 0 Å². The van der Waals surface area contributed by atoms with E-state index >= 15 is 0 Å². The van der Waals surface area contributed by atoms with Crippen LogP contribution in [0, 0.1) is 5.41 Å². The zero-order valence-electron chi connectivity index (χ0n) is 8.33. The quantitative estimate of drug-likeness (QED) is 0.649. The maximum absolute atomic E-state index is 11.6. The number of ether oxygens (including phenoxy) is 1. The van der Waals surface area contributed by atoms with Crippen LogP contribution in [0.2, 0.25) is 0 Å². The molecule has 1 rings (SSSR count). The van der Waals surface area contributed by atoms with E-state index in [4.69, 9.17) is 4.74 Å². The summed E-state index contributed by atoms with van der Waals surface area (Å²) in [6.45, 7) is 6.26. The molecule has 0 bridgehead atoms. The fourth-order valence-electron chi connectivity index (χ4n) is 1.04. The first-order valence-corrected chi connectivity index (χ1v) is 4.52. The molecule has 4 heteroatoms. The smallest absolute Gasteiger partial charge is 0.230 e. The first kappa shape index (κ1) is 10.5. The lowest BCUT2D eigenvalue weighted by Crippen LogP contribution is -2.55. The van der Waals surface area contributed by atoms with E-state index in [0.717, 1.165) is 0 Å². The highest BCUT2D eigenvalue weighted by Crippen LogP contribution is 2.26. The van der Waals surface area contributed by atoms with E-state index in [-0.39, 0.29) is 17.4 Å². The Bertz CT molecular complexity index is 199. The molecule has 13 heavy (non-hydrogen) atoms. The second-order valence-corrected chi connectivity index (χ2v) is 4.06. The van der Waals surface area contributed by atoms with Crippen molar-refractivity contribution in [1.29, 1.82) is 0 Å². The van der Waals surface area contributed by atoms with Gasteiger partial charge < -0.3 is 15.2 Å². The molecule has 76 valence electrons. The number of carbonyl (C=O) groups is 1. The van der Waals surface area contributed by atoms with Crippen molar-refractivity contribution in [3.8, 4) is 0 Å². The summed E-state index contributed by atoms with van der Waals surface area (Å²) in [4.78, 5) is 11.6. The van der Waals surface area contributed by atoms with Crippen LogP contribution in [0.5, 0.6) is 0 Å². The molecule has 1 saturated heterocycles. The van der Waals surface area contributed by atoms with E-state index in [1.54, 1.807) is 13.8 Å². The first-order chi connectivity index (χ1) is 5.96. The molecule has 0 aromatic rings. The van der Waals surface area contributed by atoms with Gasteiger partial charge in [0, 0.05) is 0 Å². The molecular weight excluding hydrogens is 170 g/mol. The van der Waals surface area contributed by atoms with Gasteiger partial charge in [0.25, 0.3) is 0 Å². The van der Waals surface area contributed by atoms with Crippen LogP contribution in [-0.2, 0) is 9.53 Å². The lowest BCUT2D eigenvalue weighted by atomic mass is 9.87. The number of hydrogen-bond donors (Lipinski definition) is 2. The average molecular weight is 187 g/mol. The van der Waals surface area contributed by atoms with E-state index in [0.29, 0.717) is 13.2 Å². The maximum atomic E-state index is 11.6. The van der Waals surface area contributed by atoms with E-state index in [1.165, 1.54) is 0 Å². The number of aliphatic hydroxyl groups excluding tert-OH is 1. The molecule has 4 nitrogen and oxygen atoms in total. The Kier molecular flexibility index (Phi) is 2.93. The van der Waals surface area contributed by atoms with Gasteiger partial charge in [0.05, 0.1) is 30.8 Å². The number of hydrogen-bond acceptors (Lipinski definition) is 3. The molecule has 1 amide bonds. The van der Waals surface area contributed by atoms with Gasteiger partial charge in [0.1, 0.15) is 0 Å². The summed E-state index contributed by atoms with van der Waals surface area (Å²) in [6, 6.07) is -0.204. The summed E-state index contributed by atoms with van der Waals surface area (Å²) < 4.78 is 4.98. The van der Waals surface area contributed by atoms with Crippen LogP contribution >= 0.6 is 0 Å². The Labute approximate surface area is 78.3 Å². The Morgan fingerprint density at radius 3 is 2.38 bits per heavy atom. The number of rotatable bonds is 3. The molecule has 1 aliphatic rings. The average Bonchev–Trinajstić information content (AvgIpc) is 1.99. The lowest BCUT2D eigenvalue weighted by molar-refractivity contribution is -0.158. The van der Waals surface area contributed by atoms with Crippen molar-refractivity contribution >= 4 is 5.91 Å². The summed E-state index contributed by atoms with van der Waals surface area (Å²) in [5, 5.41) is 11.9. The van der Waals surface area contributed by atoms with E-state index in [9.17, 15) is 9.90 Å². The minimum atomic E-state index is -0.520. The van der Waals surface area contributed by atoms with Crippen LogP contribution in [0.1, 0.15) is 20.8 Å². The van der Waals surface area contributed by atoms with Crippen LogP contribution in [-0.4, -0.2) is 36.4 Å². The third kappa shape index (κ3) is 2.19. The van der Waals surface area contributed by atoms with Crippen molar-refractivity contribution < 1.29 is 14.6 Å². The summed E-state index contributed by atoms with van der Waals surface area (Å²) in [6.07, 6.45) is -0.520. The Morgan fingerprint density at radius 2 is 2.08 bits per heavy atom. The Balaban J connectivity index is 2.41. The maximum Gasteiger partial charge on any atom is 0.230 e. The van der Waals surface area contributed by atoms with Gasteiger partial charge in [-0.3, -0.25) is 4.79 Å². The minimum Gasteiger partial charge on any atom is -0.391 e. The molecule has 2 unspecified atom stereocenters. The third-order valence-corrected chi connectivity index (χ3v) is 2.47. The number of nitrogens with one attached hydrogen (secondary N) is 1. The number of amides is 1. The van der Waals surface area contributed by atoms with Crippen molar-refractivity contribution in [2.24, 2.45) is 5.41 Å². The van der Waals surface area contributed by atoms with E-state index in [2.05, 4.69) is 5.32 Å². The van der Waals surface area contributed by atoms with Crippen molar-refractivity contribution in [3.05, 3.63) is 0 Å². The van der Waals surface area contributed by atoms with Crippen LogP contribution in [0.25, 0.3) is 0 Å². The summed E-state index contributed by atoms with van der Waals surface area (Å²) in [7, 11) is 0. The SMILES string of the molecule is CC(O)C(C)NC(=O)C1(C)COC1. The molecule has 0 spiro atoms. The van der Waals surface area contributed by atoms with Crippen molar-refractivity contribution in [3.63, 3.8) is 0 Å². The second-order valence-electron chi connectivity index (χ2n) is 4.06. The van der Waals surface area contributed by atoms with E-state index < -0.39 is 6.10 Å². The van der Waals surface area contributed by atoms with Crippen molar-refractivity contribution in [1.82, 2.24) is 5.32 Å². The molecule has 0 aliphatic carbocycles. The van der Waals surface area contributed by atoms with Gasteiger partial charge in [-0.15, -0.1) is 0 Å². The first-order valence-electron chi connectivity index (χ1n) is 4.52. The molecule has 1 fully saturated rings. The summed E-state index contributed by atoms with van der Waals surface area (Å²) >= 11 is 0. The molecule has 1 heterocycles. The standard InChI is InChI=1S/C9H17NO3/c1-6(7(2)11)10-8(12)9(3)4-13-5-9/h6-7,11H,4-5H2,1-3H3,(H,10,12). The van der Waals surface area contributed by atoms with E-state index in [1.807, 2.05) is 6.92 Å². The lowest BCUT2D eigenvalue weighted by Gasteiger charge is -2.37. The highest BCUT2D eigenvalue weighted by molar-refractivity contribution is 5.83. The van der Waals surface area contributed by atoms with Crippen LogP contribution in [0.15, 0.2) is 0 Å². The fourth-order valence-corrected chi connectivity index (χ4v) is 1.04. The van der Waals surface area contributed by atoms with Gasteiger partial charge in [-0.1, -0.05) is 0 Å². The van der Waals surface area contributed by atoms with Crippen molar-refractivity contribution in [2.75, 3.05) is 13.2 Å². The number of carbonyl (C=O) groups excluding carboxylic acids is 1. The van der Waals surface area contributed by atoms with Crippen molar-refractivity contribution in [2.45, 2.75) is 32.9 Å². The Hall–Kier alpha value is -0.610. The van der Waals surface area contributed by atoms with Crippen LogP contribution < -0.4 is 5.32 Å². The zero-order valence-corrected chi connectivity index (χ0v) is 8.33. The highest BCUT2D eigenvalue weighted by Gasteiger charge is 2.41. The second kappa shape index (κ2) is 3.64. The largest absolute Gasteiger partial charge is 0.391 e. The zero-order chi connectivity index (χ0) is 10.1. The summed E-state index contributed by atoms with van der Waals surface area (Å²) in [5.41, 5.74) is -0.386. The molecule has 0 radical (unpaired) electrons. The fraction of sp³-hybridized carbons (Fsp3) is 0.889. The van der Waals surface area contributed by atoms with Gasteiger partial charge in [0.15, 0.2) is 0 Å². The number of aliphatic hydroxyl groups is 1. The molecular formula is C9H17NO3. The molecule has 0 saturated carbocycles. The van der Waals surface area contributed by atoms with Crippen LogP contribution in [0.4, 0.5) is 0 Å². The third-order valence-electron chi connectivity index (χ3n) is 2.47. The molecule has 2 atom stereocenters. The minimum absolute atomic E-state index is 0.0350. The van der Waals surface area contributed by atoms with Gasteiger partial charge >= 0.3 is 0 Å². The monoisotopic (exact) mass is 187 g/mol. The highest BCUT2D eigenvalue weighted by atomic mass is 16.5. The molecule has 0 aromatic carbocycles. The molecule has 2 N–H and O–H groups in total. The predicted molar refractivity (Wildman–Crippen MR) is 48.2 cm³/mol. The van der Waals surface area contributed by atoms with Crippen LogP contribution in [0.3, 0.4) is 0 Å². The topological polar surface area (TPSA) is 58.6 Å². The van der Waals surface area contributed by atoms with Gasteiger partial charge in [-0.25, -0.2) is 0 Å². The normalized spacial score (nSPS) is 24.3. The summed E-state index contributed by atoms with van der Waals surface area (Å²) in [5.74, 6) is -0.0350. The van der Waals surface area contributed by atoms with Gasteiger partial charge in [0.2, 0.25) is 5.91 Å². The molecule has 1 aliphatic heterocycles. The molecule has 0 aromatic heterocycles. The van der Waals surface area contributed by atoms with Gasteiger partial charge in [-0.05, 0) is 20.8 Å².